The molecule has 1 aliphatic rings. The van der Waals surface area contributed by atoms with Crippen LogP contribution in [-0.4, -0.2) is 62.1 Å². The van der Waals surface area contributed by atoms with Gasteiger partial charge in [-0.3, -0.25) is 4.79 Å². The topological polar surface area (TPSA) is 32.8 Å². The van der Waals surface area contributed by atoms with E-state index in [-0.39, 0.29) is 23.7 Å². The van der Waals surface area contributed by atoms with Crippen molar-refractivity contribution in [3.8, 4) is 0 Å². The lowest BCUT2D eigenvalue weighted by atomic mass is 9.83. The first-order chi connectivity index (χ1) is 11.0. The van der Waals surface area contributed by atoms with Crippen LogP contribution in [0.3, 0.4) is 0 Å². The number of ether oxygens (including phenoxy) is 1. The van der Waals surface area contributed by atoms with Crippen LogP contribution in [0.15, 0.2) is 24.3 Å². The number of amides is 1. The van der Waals surface area contributed by atoms with Gasteiger partial charge in [-0.25, -0.2) is 4.39 Å². The lowest BCUT2D eigenvalue weighted by molar-refractivity contribution is -0.133. The second-order valence-electron chi connectivity index (χ2n) is 6.55. The maximum Gasteiger partial charge on any atom is 0.226 e. The summed E-state index contributed by atoms with van der Waals surface area (Å²) in [4.78, 5) is 16.6. The molecule has 0 spiro atoms. The van der Waals surface area contributed by atoms with Gasteiger partial charge in [-0.2, -0.15) is 0 Å². The van der Waals surface area contributed by atoms with Crippen molar-refractivity contribution in [3.05, 3.63) is 35.6 Å². The van der Waals surface area contributed by atoms with Gasteiger partial charge in [0.25, 0.3) is 0 Å². The highest BCUT2D eigenvalue weighted by atomic mass is 19.1. The first kappa shape index (κ1) is 17.9. The van der Waals surface area contributed by atoms with E-state index in [4.69, 9.17) is 4.74 Å². The smallest absolute Gasteiger partial charge is 0.226 e. The Morgan fingerprint density at radius 3 is 2.61 bits per heavy atom. The van der Waals surface area contributed by atoms with E-state index in [0.29, 0.717) is 0 Å². The van der Waals surface area contributed by atoms with Gasteiger partial charge in [0.1, 0.15) is 5.82 Å². The summed E-state index contributed by atoms with van der Waals surface area (Å²) in [7, 11) is 5.92. The standard InChI is InChI=1S/C18H27FN2O2/c1-20(2)18(9-12-23-3)7-10-21(11-8-18)17(22)14-15-5-4-6-16(19)13-15/h4-6,13H,7-12,14H2,1-3H3. The molecule has 0 aliphatic carbocycles. The van der Waals surface area contributed by atoms with Gasteiger partial charge in [0.05, 0.1) is 6.42 Å². The molecule has 1 aliphatic heterocycles. The van der Waals surface area contributed by atoms with E-state index in [0.717, 1.165) is 44.5 Å². The lowest BCUT2D eigenvalue weighted by Gasteiger charge is -2.46. The van der Waals surface area contributed by atoms with Crippen LogP contribution in [0, 0.1) is 5.82 Å². The van der Waals surface area contributed by atoms with Crippen LogP contribution < -0.4 is 0 Å². The molecule has 1 saturated heterocycles. The molecule has 0 bridgehead atoms. The highest BCUT2D eigenvalue weighted by Crippen LogP contribution is 2.30. The highest BCUT2D eigenvalue weighted by Gasteiger charge is 2.37. The first-order valence-corrected chi connectivity index (χ1v) is 8.15. The van der Waals surface area contributed by atoms with Gasteiger partial charge in [0, 0.05) is 32.3 Å². The number of halogens is 1. The van der Waals surface area contributed by atoms with Crippen molar-refractivity contribution in [3.63, 3.8) is 0 Å². The maximum atomic E-state index is 13.2. The number of likely N-dealkylation sites (tertiary alicyclic amines) is 1. The summed E-state index contributed by atoms with van der Waals surface area (Å²) in [5.41, 5.74) is 0.838. The minimum Gasteiger partial charge on any atom is -0.385 e. The van der Waals surface area contributed by atoms with E-state index in [2.05, 4.69) is 19.0 Å². The molecule has 0 N–H and O–H groups in total. The average Bonchev–Trinajstić information content (AvgIpc) is 2.53. The van der Waals surface area contributed by atoms with Crippen molar-refractivity contribution < 1.29 is 13.9 Å². The molecule has 1 aromatic rings. The summed E-state index contributed by atoms with van der Waals surface area (Å²) in [6, 6.07) is 6.28. The number of nitrogens with zero attached hydrogens (tertiary/aromatic N) is 2. The summed E-state index contributed by atoms with van der Waals surface area (Å²) < 4.78 is 18.5. The summed E-state index contributed by atoms with van der Waals surface area (Å²) in [6.07, 6.45) is 3.13. The Kier molecular flexibility index (Phi) is 6.13. The minimum atomic E-state index is -0.292. The number of hydrogen-bond acceptors (Lipinski definition) is 3. The molecule has 4 nitrogen and oxygen atoms in total. The zero-order valence-electron chi connectivity index (χ0n) is 14.3. The van der Waals surface area contributed by atoms with Crippen LogP contribution in [0.2, 0.25) is 0 Å². The highest BCUT2D eigenvalue weighted by molar-refractivity contribution is 5.78. The fourth-order valence-corrected chi connectivity index (χ4v) is 3.32. The quantitative estimate of drug-likeness (QED) is 0.806. The predicted octanol–water partition coefficient (Wildman–Crippen LogP) is 2.33. The first-order valence-electron chi connectivity index (χ1n) is 8.15. The molecule has 2 rings (SSSR count). The summed E-state index contributed by atoms with van der Waals surface area (Å²) in [5, 5.41) is 0. The van der Waals surface area contributed by atoms with Crippen LogP contribution in [0.4, 0.5) is 4.39 Å². The molecule has 23 heavy (non-hydrogen) atoms. The van der Waals surface area contributed by atoms with E-state index in [9.17, 15) is 9.18 Å². The molecule has 0 aromatic heterocycles. The van der Waals surface area contributed by atoms with Crippen LogP contribution in [0.1, 0.15) is 24.8 Å². The zero-order chi connectivity index (χ0) is 16.9. The van der Waals surface area contributed by atoms with Crippen molar-refractivity contribution in [1.82, 2.24) is 9.80 Å². The fourth-order valence-electron chi connectivity index (χ4n) is 3.32. The number of carbonyl (C=O) groups excluding carboxylic acids is 1. The molecular weight excluding hydrogens is 295 g/mol. The zero-order valence-corrected chi connectivity index (χ0v) is 14.3. The molecule has 1 fully saturated rings. The molecule has 0 atom stereocenters. The Hall–Kier alpha value is -1.46. The summed E-state index contributed by atoms with van der Waals surface area (Å²) >= 11 is 0. The van der Waals surface area contributed by atoms with E-state index in [1.807, 2.05) is 4.90 Å². The molecule has 5 heteroatoms. The monoisotopic (exact) mass is 322 g/mol. The Bertz CT molecular complexity index is 526. The van der Waals surface area contributed by atoms with Gasteiger partial charge in [-0.1, -0.05) is 12.1 Å². The Balaban J connectivity index is 1.93. The lowest BCUT2D eigenvalue weighted by Crippen LogP contribution is -2.54. The van der Waals surface area contributed by atoms with Crippen molar-refractivity contribution in [2.75, 3.05) is 40.9 Å². The van der Waals surface area contributed by atoms with Crippen LogP contribution in [-0.2, 0) is 16.0 Å². The van der Waals surface area contributed by atoms with Gasteiger partial charge in [0.15, 0.2) is 0 Å². The SMILES string of the molecule is COCCC1(N(C)C)CCN(C(=O)Cc2cccc(F)c2)CC1. The molecule has 0 radical (unpaired) electrons. The van der Waals surface area contributed by atoms with Gasteiger partial charge in [0.2, 0.25) is 5.91 Å². The Labute approximate surface area is 138 Å². The van der Waals surface area contributed by atoms with Gasteiger partial charge in [-0.05, 0) is 51.1 Å². The number of piperidine rings is 1. The number of rotatable bonds is 6. The predicted molar refractivity (Wildman–Crippen MR) is 88.8 cm³/mol. The third-order valence-electron chi connectivity index (χ3n) is 5.01. The van der Waals surface area contributed by atoms with Crippen molar-refractivity contribution in [2.45, 2.75) is 31.2 Å². The second kappa shape index (κ2) is 7.88. The molecule has 1 aromatic carbocycles. The number of hydrogen-bond donors (Lipinski definition) is 0. The van der Waals surface area contributed by atoms with E-state index in [1.165, 1.54) is 12.1 Å². The van der Waals surface area contributed by atoms with Crippen molar-refractivity contribution >= 4 is 5.91 Å². The summed E-state index contributed by atoms with van der Waals surface area (Å²) in [6.45, 7) is 2.22. The van der Waals surface area contributed by atoms with E-state index >= 15 is 0 Å². The third kappa shape index (κ3) is 4.52. The van der Waals surface area contributed by atoms with Gasteiger partial charge in [-0.15, -0.1) is 0 Å². The van der Waals surface area contributed by atoms with E-state index < -0.39 is 0 Å². The van der Waals surface area contributed by atoms with Crippen molar-refractivity contribution in [1.29, 1.82) is 0 Å². The Morgan fingerprint density at radius 1 is 1.35 bits per heavy atom. The van der Waals surface area contributed by atoms with Gasteiger partial charge >= 0.3 is 0 Å². The Morgan fingerprint density at radius 2 is 2.04 bits per heavy atom. The van der Waals surface area contributed by atoms with Crippen LogP contribution in [0.5, 0.6) is 0 Å². The third-order valence-corrected chi connectivity index (χ3v) is 5.01. The molecule has 0 unspecified atom stereocenters. The number of carbonyl (C=O) groups is 1. The van der Waals surface area contributed by atoms with E-state index in [1.54, 1.807) is 19.2 Å². The molecule has 0 saturated carbocycles. The van der Waals surface area contributed by atoms with Crippen molar-refractivity contribution in [2.24, 2.45) is 0 Å². The van der Waals surface area contributed by atoms with Gasteiger partial charge < -0.3 is 14.5 Å². The molecular formula is C18H27FN2O2. The number of benzene rings is 1. The largest absolute Gasteiger partial charge is 0.385 e. The average molecular weight is 322 g/mol. The van der Waals surface area contributed by atoms with Crippen LogP contribution >= 0.6 is 0 Å². The molecule has 1 heterocycles. The molecule has 128 valence electrons. The molecule has 1 amide bonds. The van der Waals surface area contributed by atoms with Crippen LogP contribution in [0.25, 0.3) is 0 Å². The maximum absolute atomic E-state index is 13.2. The fraction of sp³-hybridized carbons (Fsp3) is 0.611. The minimum absolute atomic E-state index is 0.0784. The normalized spacial score (nSPS) is 17.5. The summed E-state index contributed by atoms with van der Waals surface area (Å²) in [5.74, 6) is -0.213. The second-order valence-corrected chi connectivity index (χ2v) is 6.55. The number of methoxy groups -OCH3 is 1.